The van der Waals surface area contributed by atoms with Gasteiger partial charge < -0.3 is 5.11 Å². The fourth-order valence-corrected chi connectivity index (χ4v) is 1.10. The molecule has 5 nitrogen and oxygen atoms in total. The highest BCUT2D eigenvalue weighted by molar-refractivity contribution is 6.40. The smallest absolute Gasteiger partial charge is 0.377 e. The summed E-state index contributed by atoms with van der Waals surface area (Å²) in [6, 6.07) is 0. The SMILES string of the molecule is CCc1nn(C)cc1C(=O)C(=O)O. The van der Waals surface area contributed by atoms with Crippen molar-refractivity contribution >= 4 is 11.8 Å². The molecule has 0 radical (unpaired) electrons. The molecule has 70 valence electrons. The van der Waals surface area contributed by atoms with E-state index in [0.717, 1.165) is 0 Å². The fourth-order valence-electron chi connectivity index (χ4n) is 1.10. The Bertz CT molecular complexity index is 354. The molecule has 1 rings (SSSR count). The van der Waals surface area contributed by atoms with Crippen molar-refractivity contribution < 1.29 is 14.7 Å². The minimum absolute atomic E-state index is 0.178. The Kier molecular flexibility index (Phi) is 2.46. The second kappa shape index (κ2) is 3.38. The Balaban J connectivity index is 3.12. The van der Waals surface area contributed by atoms with Crippen LogP contribution in [0, 0.1) is 0 Å². The highest BCUT2D eigenvalue weighted by atomic mass is 16.4. The molecule has 0 aliphatic rings. The van der Waals surface area contributed by atoms with E-state index >= 15 is 0 Å². The third-order valence-electron chi connectivity index (χ3n) is 1.68. The van der Waals surface area contributed by atoms with Crippen LogP contribution >= 0.6 is 0 Å². The summed E-state index contributed by atoms with van der Waals surface area (Å²) >= 11 is 0. The Morgan fingerprint density at radius 1 is 1.62 bits per heavy atom. The molecule has 0 spiro atoms. The van der Waals surface area contributed by atoms with E-state index in [0.29, 0.717) is 12.1 Å². The van der Waals surface area contributed by atoms with Crippen LogP contribution in [0.25, 0.3) is 0 Å². The first-order chi connectivity index (χ1) is 6.06. The number of carboxylic acids is 1. The minimum Gasteiger partial charge on any atom is -0.475 e. The van der Waals surface area contributed by atoms with Crippen LogP contribution in [-0.2, 0) is 18.3 Å². The molecule has 0 bridgehead atoms. The Labute approximate surface area is 75.0 Å². The van der Waals surface area contributed by atoms with Crippen LogP contribution in [0.1, 0.15) is 23.0 Å². The lowest BCUT2D eigenvalue weighted by molar-refractivity contribution is -0.131. The van der Waals surface area contributed by atoms with Crippen LogP contribution in [-0.4, -0.2) is 26.6 Å². The number of aromatic nitrogens is 2. The maximum atomic E-state index is 11.1. The number of aryl methyl sites for hydroxylation is 2. The third-order valence-corrected chi connectivity index (χ3v) is 1.68. The molecule has 1 aromatic heterocycles. The van der Waals surface area contributed by atoms with Crippen molar-refractivity contribution in [2.45, 2.75) is 13.3 Å². The zero-order chi connectivity index (χ0) is 10.0. The van der Waals surface area contributed by atoms with Gasteiger partial charge in [0, 0.05) is 13.2 Å². The molecular formula is C8H10N2O3. The van der Waals surface area contributed by atoms with E-state index in [4.69, 9.17) is 5.11 Å². The Morgan fingerprint density at radius 3 is 2.69 bits per heavy atom. The molecule has 5 heteroatoms. The van der Waals surface area contributed by atoms with Crippen molar-refractivity contribution in [2.75, 3.05) is 0 Å². The second-order valence-corrected chi connectivity index (χ2v) is 2.65. The van der Waals surface area contributed by atoms with E-state index in [-0.39, 0.29) is 5.56 Å². The number of nitrogens with zero attached hydrogens (tertiary/aromatic N) is 2. The summed E-state index contributed by atoms with van der Waals surface area (Å²) in [7, 11) is 1.65. The average Bonchev–Trinajstić information content (AvgIpc) is 2.45. The molecule has 1 N–H and O–H groups in total. The lowest BCUT2D eigenvalue weighted by Crippen LogP contribution is -2.13. The first-order valence-electron chi connectivity index (χ1n) is 3.86. The third kappa shape index (κ3) is 1.74. The molecule has 0 aliphatic carbocycles. The zero-order valence-corrected chi connectivity index (χ0v) is 7.44. The summed E-state index contributed by atoms with van der Waals surface area (Å²) in [6.07, 6.45) is 1.98. The van der Waals surface area contributed by atoms with Gasteiger partial charge >= 0.3 is 5.97 Å². The fraction of sp³-hybridized carbons (Fsp3) is 0.375. The predicted octanol–water partition coefficient (Wildman–Crippen LogP) is 0.250. The van der Waals surface area contributed by atoms with Crippen molar-refractivity contribution in [1.82, 2.24) is 9.78 Å². The van der Waals surface area contributed by atoms with Gasteiger partial charge in [-0.3, -0.25) is 9.48 Å². The van der Waals surface area contributed by atoms with E-state index in [1.165, 1.54) is 10.9 Å². The number of carboxylic acid groups (broad SMARTS) is 1. The summed E-state index contributed by atoms with van der Waals surface area (Å²) in [5.74, 6) is -2.34. The molecule has 0 aliphatic heterocycles. The van der Waals surface area contributed by atoms with Crippen molar-refractivity contribution in [1.29, 1.82) is 0 Å². The first kappa shape index (κ1) is 9.44. The summed E-state index contributed by atoms with van der Waals surface area (Å²) in [5.41, 5.74) is 0.701. The van der Waals surface area contributed by atoms with Crippen molar-refractivity contribution in [3.63, 3.8) is 0 Å². The van der Waals surface area contributed by atoms with Gasteiger partial charge in [0.2, 0.25) is 0 Å². The molecule has 0 fully saturated rings. The van der Waals surface area contributed by atoms with E-state index in [2.05, 4.69) is 5.10 Å². The monoisotopic (exact) mass is 182 g/mol. The minimum atomic E-state index is -1.44. The summed E-state index contributed by atoms with van der Waals surface area (Å²) in [5, 5.41) is 12.4. The van der Waals surface area contributed by atoms with Crippen LogP contribution in [0.15, 0.2) is 6.20 Å². The van der Waals surface area contributed by atoms with Crippen LogP contribution < -0.4 is 0 Å². The molecule has 0 atom stereocenters. The van der Waals surface area contributed by atoms with Gasteiger partial charge in [-0.1, -0.05) is 6.92 Å². The predicted molar refractivity (Wildman–Crippen MR) is 44.6 cm³/mol. The van der Waals surface area contributed by atoms with Crippen LogP contribution in [0.3, 0.4) is 0 Å². The molecule has 1 heterocycles. The molecule has 0 aromatic carbocycles. The van der Waals surface area contributed by atoms with E-state index in [1.807, 2.05) is 6.92 Å². The number of Topliss-reactive ketones (excluding diaryl/α,β-unsaturated/α-hetero) is 1. The highest BCUT2D eigenvalue weighted by Gasteiger charge is 2.20. The summed E-state index contributed by atoms with van der Waals surface area (Å²) < 4.78 is 1.44. The lowest BCUT2D eigenvalue weighted by atomic mass is 10.1. The standard InChI is InChI=1S/C8H10N2O3/c1-3-6-5(4-10(2)9-6)7(11)8(12)13/h4H,3H2,1-2H3,(H,12,13). The number of rotatable bonds is 3. The number of carbonyl (C=O) groups is 2. The number of hydrogen-bond donors (Lipinski definition) is 1. The average molecular weight is 182 g/mol. The van der Waals surface area contributed by atoms with Gasteiger partial charge in [0.1, 0.15) is 0 Å². The molecular weight excluding hydrogens is 172 g/mol. The van der Waals surface area contributed by atoms with Crippen LogP contribution in [0.2, 0.25) is 0 Å². The molecule has 0 saturated carbocycles. The lowest BCUT2D eigenvalue weighted by Gasteiger charge is -1.92. The normalized spacial score (nSPS) is 10.0. The number of ketones is 1. The molecule has 0 saturated heterocycles. The van der Waals surface area contributed by atoms with Crippen molar-refractivity contribution in [2.24, 2.45) is 7.05 Å². The van der Waals surface area contributed by atoms with Crippen LogP contribution in [0.5, 0.6) is 0 Å². The first-order valence-corrected chi connectivity index (χ1v) is 3.86. The second-order valence-electron chi connectivity index (χ2n) is 2.65. The van der Waals surface area contributed by atoms with E-state index in [9.17, 15) is 9.59 Å². The van der Waals surface area contributed by atoms with Gasteiger partial charge in [0.15, 0.2) is 0 Å². The summed E-state index contributed by atoms with van der Waals surface area (Å²) in [4.78, 5) is 21.5. The maximum absolute atomic E-state index is 11.1. The molecule has 0 unspecified atom stereocenters. The molecule has 1 aromatic rings. The van der Waals surface area contributed by atoms with Gasteiger partial charge in [0.05, 0.1) is 11.3 Å². The van der Waals surface area contributed by atoms with E-state index in [1.54, 1.807) is 7.05 Å². The Hall–Kier alpha value is -1.65. The van der Waals surface area contributed by atoms with Gasteiger partial charge in [-0.05, 0) is 6.42 Å². The van der Waals surface area contributed by atoms with Crippen molar-refractivity contribution in [3.05, 3.63) is 17.5 Å². The van der Waals surface area contributed by atoms with E-state index < -0.39 is 11.8 Å². The summed E-state index contributed by atoms with van der Waals surface area (Å²) in [6.45, 7) is 1.82. The quantitative estimate of drug-likeness (QED) is 0.537. The van der Waals surface area contributed by atoms with Gasteiger partial charge in [0.25, 0.3) is 5.78 Å². The Morgan fingerprint density at radius 2 is 2.23 bits per heavy atom. The van der Waals surface area contributed by atoms with Gasteiger partial charge in [-0.2, -0.15) is 5.10 Å². The number of carbonyl (C=O) groups excluding carboxylic acids is 1. The largest absolute Gasteiger partial charge is 0.475 e. The van der Waals surface area contributed by atoms with Crippen LogP contribution in [0.4, 0.5) is 0 Å². The maximum Gasteiger partial charge on any atom is 0.377 e. The molecule has 0 amide bonds. The topological polar surface area (TPSA) is 72.2 Å². The van der Waals surface area contributed by atoms with Crippen molar-refractivity contribution in [3.8, 4) is 0 Å². The highest BCUT2D eigenvalue weighted by Crippen LogP contribution is 2.07. The van der Waals surface area contributed by atoms with Gasteiger partial charge in [-0.15, -0.1) is 0 Å². The van der Waals surface area contributed by atoms with Gasteiger partial charge in [-0.25, -0.2) is 4.79 Å². The molecule has 13 heavy (non-hydrogen) atoms. The number of aliphatic carboxylic acids is 1. The number of hydrogen-bond acceptors (Lipinski definition) is 3. The zero-order valence-electron chi connectivity index (χ0n) is 7.44.